The standard InChI is InChI=1S/C11H15N3O3/c1-3-4-5-10(15)13-11-8(2)6-9(7-12-11)14(16)17/h6-7H,3-5H2,1-2H3,(H,12,13,15). The fraction of sp³-hybridized carbons (Fsp3) is 0.455. The molecule has 0 atom stereocenters. The summed E-state index contributed by atoms with van der Waals surface area (Å²) in [4.78, 5) is 25.3. The Kier molecular flexibility index (Phi) is 4.56. The van der Waals surface area contributed by atoms with Gasteiger partial charge in [0.15, 0.2) is 0 Å². The largest absolute Gasteiger partial charge is 0.310 e. The highest BCUT2D eigenvalue weighted by Crippen LogP contribution is 2.18. The van der Waals surface area contributed by atoms with E-state index < -0.39 is 4.92 Å². The van der Waals surface area contributed by atoms with Gasteiger partial charge in [-0.3, -0.25) is 14.9 Å². The maximum absolute atomic E-state index is 11.5. The summed E-state index contributed by atoms with van der Waals surface area (Å²) in [6, 6.07) is 1.39. The van der Waals surface area contributed by atoms with Gasteiger partial charge >= 0.3 is 0 Å². The first kappa shape index (κ1) is 13.1. The summed E-state index contributed by atoms with van der Waals surface area (Å²) in [6.07, 6.45) is 3.34. The predicted molar refractivity (Wildman–Crippen MR) is 63.8 cm³/mol. The third-order valence-corrected chi connectivity index (χ3v) is 2.29. The molecule has 0 radical (unpaired) electrons. The molecule has 0 bridgehead atoms. The summed E-state index contributed by atoms with van der Waals surface area (Å²) in [5, 5.41) is 13.1. The number of aromatic nitrogens is 1. The minimum absolute atomic E-state index is 0.0749. The van der Waals surface area contributed by atoms with Crippen LogP contribution in [0.4, 0.5) is 11.5 Å². The Bertz CT molecular complexity index is 432. The lowest BCUT2D eigenvalue weighted by Gasteiger charge is -2.06. The first-order valence-electron chi connectivity index (χ1n) is 5.45. The molecule has 6 nitrogen and oxygen atoms in total. The molecule has 0 spiro atoms. The van der Waals surface area contributed by atoms with Crippen LogP contribution in [-0.4, -0.2) is 15.8 Å². The molecule has 0 aliphatic heterocycles. The molecular weight excluding hydrogens is 222 g/mol. The highest BCUT2D eigenvalue weighted by atomic mass is 16.6. The van der Waals surface area contributed by atoms with Crippen molar-refractivity contribution in [2.45, 2.75) is 33.1 Å². The number of nitrogens with one attached hydrogen (secondary N) is 1. The zero-order valence-electron chi connectivity index (χ0n) is 9.90. The average molecular weight is 237 g/mol. The molecule has 1 aromatic rings. The summed E-state index contributed by atoms with van der Waals surface area (Å²) < 4.78 is 0. The number of carbonyl (C=O) groups is 1. The molecule has 1 N–H and O–H groups in total. The smallest absolute Gasteiger partial charge is 0.287 e. The fourth-order valence-corrected chi connectivity index (χ4v) is 1.32. The summed E-state index contributed by atoms with van der Waals surface area (Å²) in [6.45, 7) is 3.68. The van der Waals surface area contributed by atoms with Crippen LogP contribution in [0.15, 0.2) is 12.3 Å². The molecule has 1 rings (SSSR count). The first-order chi connectivity index (χ1) is 8.04. The molecule has 0 saturated heterocycles. The van der Waals surface area contributed by atoms with E-state index in [0.29, 0.717) is 17.8 Å². The second kappa shape index (κ2) is 5.93. The lowest BCUT2D eigenvalue weighted by molar-refractivity contribution is -0.385. The number of hydrogen-bond acceptors (Lipinski definition) is 4. The summed E-state index contributed by atoms with van der Waals surface area (Å²) in [5.41, 5.74) is 0.512. The Balaban J connectivity index is 2.72. The van der Waals surface area contributed by atoms with Crippen LogP contribution in [0.2, 0.25) is 0 Å². The van der Waals surface area contributed by atoms with Crippen LogP contribution in [0.25, 0.3) is 0 Å². The van der Waals surface area contributed by atoms with Crippen LogP contribution in [-0.2, 0) is 4.79 Å². The number of hydrogen-bond donors (Lipinski definition) is 1. The first-order valence-corrected chi connectivity index (χ1v) is 5.45. The van der Waals surface area contributed by atoms with Crippen LogP contribution in [0, 0.1) is 17.0 Å². The molecule has 1 amide bonds. The number of aryl methyl sites for hydroxylation is 1. The Hall–Kier alpha value is -1.98. The summed E-state index contributed by atoms with van der Waals surface area (Å²) in [7, 11) is 0. The number of anilines is 1. The molecule has 0 unspecified atom stereocenters. The number of carbonyl (C=O) groups excluding carboxylic acids is 1. The van der Waals surface area contributed by atoms with Gasteiger partial charge in [0.2, 0.25) is 5.91 Å². The van der Waals surface area contributed by atoms with Gasteiger partial charge in [-0.05, 0) is 18.9 Å². The van der Waals surface area contributed by atoms with E-state index in [2.05, 4.69) is 10.3 Å². The minimum atomic E-state index is -0.511. The fourth-order valence-electron chi connectivity index (χ4n) is 1.32. The normalized spacial score (nSPS) is 10.0. The second-order valence-corrected chi connectivity index (χ2v) is 3.77. The average Bonchev–Trinajstić information content (AvgIpc) is 2.28. The van der Waals surface area contributed by atoms with Gasteiger partial charge in [-0.25, -0.2) is 4.98 Å². The van der Waals surface area contributed by atoms with E-state index in [1.807, 2.05) is 6.92 Å². The Morgan fingerprint density at radius 2 is 2.29 bits per heavy atom. The third-order valence-electron chi connectivity index (χ3n) is 2.29. The highest BCUT2D eigenvalue weighted by Gasteiger charge is 2.11. The molecule has 1 aromatic heterocycles. The van der Waals surface area contributed by atoms with E-state index in [1.165, 1.54) is 6.07 Å². The van der Waals surface area contributed by atoms with E-state index in [0.717, 1.165) is 19.0 Å². The quantitative estimate of drug-likeness (QED) is 0.629. The van der Waals surface area contributed by atoms with Gasteiger partial charge in [0.05, 0.1) is 4.92 Å². The molecule has 6 heteroatoms. The predicted octanol–water partition coefficient (Wildman–Crippen LogP) is 2.43. The molecule has 0 aromatic carbocycles. The molecular formula is C11H15N3O3. The molecule has 17 heavy (non-hydrogen) atoms. The molecule has 0 fully saturated rings. The number of amides is 1. The van der Waals surface area contributed by atoms with E-state index in [-0.39, 0.29) is 11.6 Å². The van der Waals surface area contributed by atoms with Crippen molar-refractivity contribution in [3.05, 3.63) is 27.9 Å². The highest BCUT2D eigenvalue weighted by molar-refractivity contribution is 5.90. The van der Waals surface area contributed by atoms with Gasteiger partial charge in [0, 0.05) is 12.5 Å². The van der Waals surface area contributed by atoms with E-state index in [4.69, 9.17) is 0 Å². The van der Waals surface area contributed by atoms with Crippen molar-refractivity contribution in [2.24, 2.45) is 0 Å². The van der Waals surface area contributed by atoms with E-state index in [1.54, 1.807) is 6.92 Å². The van der Waals surface area contributed by atoms with E-state index >= 15 is 0 Å². The van der Waals surface area contributed by atoms with Gasteiger partial charge in [0.1, 0.15) is 12.0 Å². The van der Waals surface area contributed by atoms with Gasteiger partial charge < -0.3 is 5.32 Å². The topological polar surface area (TPSA) is 85.1 Å². The Labute approximate surface area is 99.2 Å². The summed E-state index contributed by atoms with van der Waals surface area (Å²) in [5.74, 6) is 0.271. The van der Waals surface area contributed by atoms with Crippen LogP contribution in [0.3, 0.4) is 0 Å². The Morgan fingerprint density at radius 3 is 2.82 bits per heavy atom. The molecule has 92 valence electrons. The SMILES string of the molecule is CCCCC(=O)Nc1ncc([N+](=O)[O-])cc1C. The van der Waals surface area contributed by atoms with Crippen molar-refractivity contribution in [3.63, 3.8) is 0 Å². The monoisotopic (exact) mass is 237 g/mol. The van der Waals surface area contributed by atoms with E-state index in [9.17, 15) is 14.9 Å². The molecule has 0 saturated carbocycles. The maximum Gasteiger partial charge on any atom is 0.287 e. The van der Waals surface area contributed by atoms with Crippen molar-refractivity contribution in [3.8, 4) is 0 Å². The number of pyridine rings is 1. The lowest BCUT2D eigenvalue weighted by atomic mass is 10.2. The number of nitrogens with zero attached hydrogens (tertiary/aromatic N) is 2. The summed E-state index contributed by atoms with van der Waals surface area (Å²) >= 11 is 0. The van der Waals surface area contributed by atoms with Crippen molar-refractivity contribution < 1.29 is 9.72 Å². The molecule has 1 heterocycles. The third kappa shape index (κ3) is 3.82. The van der Waals surface area contributed by atoms with Gasteiger partial charge in [-0.1, -0.05) is 13.3 Å². The number of rotatable bonds is 5. The van der Waals surface area contributed by atoms with Crippen LogP contribution in [0.1, 0.15) is 31.7 Å². The van der Waals surface area contributed by atoms with Crippen molar-refractivity contribution in [1.82, 2.24) is 4.98 Å². The second-order valence-electron chi connectivity index (χ2n) is 3.77. The zero-order valence-corrected chi connectivity index (χ0v) is 9.90. The number of nitro groups is 1. The zero-order chi connectivity index (χ0) is 12.8. The maximum atomic E-state index is 11.5. The minimum Gasteiger partial charge on any atom is -0.310 e. The van der Waals surface area contributed by atoms with Crippen molar-refractivity contribution in [1.29, 1.82) is 0 Å². The molecule has 0 aliphatic carbocycles. The van der Waals surface area contributed by atoms with Gasteiger partial charge in [-0.2, -0.15) is 0 Å². The lowest BCUT2D eigenvalue weighted by Crippen LogP contribution is -2.13. The Morgan fingerprint density at radius 1 is 1.59 bits per heavy atom. The van der Waals surface area contributed by atoms with Gasteiger partial charge in [0.25, 0.3) is 5.69 Å². The number of unbranched alkanes of at least 4 members (excludes halogenated alkanes) is 1. The van der Waals surface area contributed by atoms with Crippen LogP contribution < -0.4 is 5.32 Å². The van der Waals surface area contributed by atoms with Crippen LogP contribution >= 0.6 is 0 Å². The van der Waals surface area contributed by atoms with Gasteiger partial charge in [-0.15, -0.1) is 0 Å². The van der Waals surface area contributed by atoms with Crippen LogP contribution in [0.5, 0.6) is 0 Å². The van der Waals surface area contributed by atoms with Crippen molar-refractivity contribution >= 4 is 17.4 Å². The molecule has 0 aliphatic rings. The van der Waals surface area contributed by atoms with Crippen molar-refractivity contribution in [2.75, 3.05) is 5.32 Å².